The van der Waals surface area contributed by atoms with Gasteiger partial charge in [-0.1, -0.05) is 24.3 Å². The standard InChI is InChI=1S/C16H15FN2O2/c17-12-8-13(10-14(9-12)19(20)21)18-16-7-3-5-11-4-1-2-6-15(11)16/h1-2,4,6,8-10,16,18H,3,5,7H2. The van der Waals surface area contributed by atoms with Crippen LogP contribution in [0.5, 0.6) is 0 Å². The van der Waals surface area contributed by atoms with Crippen LogP contribution >= 0.6 is 0 Å². The van der Waals surface area contributed by atoms with E-state index in [4.69, 9.17) is 0 Å². The zero-order valence-electron chi connectivity index (χ0n) is 11.4. The molecular weight excluding hydrogens is 271 g/mol. The fourth-order valence-electron chi connectivity index (χ4n) is 2.87. The summed E-state index contributed by atoms with van der Waals surface area (Å²) in [5, 5.41) is 14.0. The van der Waals surface area contributed by atoms with E-state index in [1.807, 2.05) is 12.1 Å². The lowest BCUT2D eigenvalue weighted by atomic mass is 9.87. The lowest BCUT2D eigenvalue weighted by Crippen LogP contribution is -2.17. The molecule has 0 radical (unpaired) electrons. The van der Waals surface area contributed by atoms with Crippen LogP contribution in [0.3, 0.4) is 0 Å². The number of halogens is 1. The highest BCUT2D eigenvalue weighted by atomic mass is 19.1. The van der Waals surface area contributed by atoms with Crippen molar-refractivity contribution < 1.29 is 9.31 Å². The van der Waals surface area contributed by atoms with E-state index in [-0.39, 0.29) is 11.7 Å². The maximum absolute atomic E-state index is 13.5. The first-order valence-electron chi connectivity index (χ1n) is 6.93. The molecule has 4 nitrogen and oxygen atoms in total. The van der Waals surface area contributed by atoms with Crippen LogP contribution in [0.25, 0.3) is 0 Å². The Morgan fingerprint density at radius 3 is 2.86 bits per heavy atom. The number of rotatable bonds is 3. The van der Waals surface area contributed by atoms with Crippen LogP contribution in [0.4, 0.5) is 15.8 Å². The number of aryl methyl sites for hydroxylation is 1. The lowest BCUT2D eigenvalue weighted by Gasteiger charge is -2.27. The summed E-state index contributed by atoms with van der Waals surface area (Å²) in [7, 11) is 0. The van der Waals surface area contributed by atoms with Gasteiger partial charge in [-0.05, 0) is 36.5 Å². The second-order valence-electron chi connectivity index (χ2n) is 5.24. The number of nitrogens with zero attached hydrogens (tertiary/aromatic N) is 1. The molecule has 1 aliphatic rings. The monoisotopic (exact) mass is 286 g/mol. The van der Waals surface area contributed by atoms with E-state index in [2.05, 4.69) is 17.4 Å². The molecule has 5 heteroatoms. The van der Waals surface area contributed by atoms with Gasteiger partial charge in [0.15, 0.2) is 0 Å². The van der Waals surface area contributed by atoms with Crippen molar-refractivity contribution in [1.29, 1.82) is 0 Å². The van der Waals surface area contributed by atoms with Gasteiger partial charge in [-0.25, -0.2) is 4.39 Å². The van der Waals surface area contributed by atoms with Crippen molar-refractivity contribution in [1.82, 2.24) is 0 Å². The number of nitro groups is 1. The van der Waals surface area contributed by atoms with Crippen molar-refractivity contribution >= 4 is 11.4 Å². The van der Waals surface area contributed by atoms with E-state index in [0.717, 1.165) is 25.3 Å². The number of hydrogen-bond acceptors (Lipinski definition) is 3. The summed E-state index contributed by atoms with van der Waals surface area (Å²) in [5.41, 5.74) is 2.69. The second kappa shape index (κ2) is 5.52. The SMILES string of the molecule is O=[N+]([O-])c1cc(F)cc(NC2CCCc3ccccc32)c1. The molecule has 1 atom stereocenters. The van der Waals surface area contributed by atoms with Crippen LogP contribution in [0.2, 0.25) is 0 Å². The Hall–Kier alpha value is -2.43. The molecule has 0 aromatic heterocycles. The maximum atomic E-state index is 13.5. The van der Waals surface area contributed by atoms with Crippen molar-refractivity contribution in [2.45, 2.75) is 25.3 Å². The fraction of sp³-hybridized carbons (Fsp3) is 0.250. The third-order valence-electron chi connectivity index (χ3n) is 3.80. The van der Waals surface area contributed by atoms with Gasteiger partial charge in [0, 0.05) is 11.8 Å². The lowest BCUT2D eigenvalue weighted by molar-refractivity contribution is -0.385. The van der Waals surface area contributed by atoms with Crippen LogP contribution in [-0.2, 0) is 6.42 Å². The topological polar surface area (TPSA) is 55.2 Å². The number of hydrogen-bond donors (Lipinski definition) is 1. The van der Waals surface area contributed by atoms with Crippen LogP contribution in [0.1, 0.15) is 30.0 Å². The molecule has 0 spiro atoms. The molecule has 0 amide bonds. The summed E-state index contributed by atoms with van der Waals surface area (Å²) >= 11 is 0. The highest BCUT2D eigenvalue weighted by Gasteiger charge is 2.20. The fourth-order valence-corrected chi connectivity index (χ4v) is 2.87. The molecule has 2 aromatic carbocycles. The van der Waals surface area contributed by atoms with Crippen LogP contribution in [0.15, 0.2) is 42.5 Å². The van der Waals surface area contributed by atoms with Gasteiger partial charge in [-0.15, -0.1) is 0 Å². The Balaban J connectivity index is 1.90. The van der Waals surface area contributed by atoms with Gasteiger partial charge >= 0.3 is 0 Å². The minimum atomic E-state index is -0.601. The highest BCUT2D eigenvalue weighted by molar-refractivity contribution is 5.53. The number of nitrogens with one attached hydrogen (secondary N) is 1. The van der Waals surface area contributed by atoms with Gasteiger partial charge in [0.2, 0.25) is 0 Å². The molecule has 0 aliphatic heterocycles. The van der Waals surface area contributed by atoms with Crippen molar-refractivity contribution in [2.24, 2.45) is 0 Å². The van der Waals surface area contributed by atoms with E-state index >= 15 is 0 Å². The largest absolute Gasteiger partial charge is 0.378 e. The number of fused-ring (bicyclic) bond motifs is 1. The molecule has 0 saturated carbocycles. The van der Waals surface area contributed by atoms with Crippen molar-refractivity contribution in [3.63, 3.8) is 0 Å². The first kappa shape index (κ1) is 13.5. The molecule has 3 rings (SSSR count). The highest BCUT2D eigenvalue weighted by Crippen LogP contribution is 2.33. The van der Waals surface area contributed by atoms with Crippen molar-refractivity contribution in [2.75, 3.05) is 5.32 Å². The summed E-state index contributed by atoms with van der Waals surface area (Å²) in [6.07, 6.45) is 3.02. The molecule has 1 aliphatic carbocycles. The predicted octanol–water partition coefficient (Wildman–Crippen LogP) is 4.22. The Bertz CT molecular complexity index is 688. The van der Waals surface area contributed by atoms with E-state index in [1.54, 1.807) is 0 Å². The summed E-state index contributed by atoms with van der Waals surface area (Å²) in [6.45, 7) is 0. The summed E-state index contributed by atoms with van der Waals surface area (Å²) < 4.78 is 13.5. The van der Waals surface area contributed by atoms with Crippen molar-refractivity contribution in [3.8, 4) is 0 Å². The normalized spacial score (nSPS) is 17.1. The van der Waals surface area contributed by atoms with Crippen molar-refractivity contribution in [3.05, 3.63) is 69.5 Å². The van der Waals surface area contributed by atoms with Gasteiger partial charge in [-0.3, -0.25) is 10.1 Å². The molecule has 0 bridgehead atoms. The van der Waals surface area contributed by atoms with E-state index in [0.29, 0.717) is 5.69 Å². The third-order valence-corrected chi connectivity index (χ3v) is 3.80. The van der Waals surface area contributed by atoms with Gasteiger partial charge < -0.3 is 5.32 Å². The summed E-state index contributed by atoms with van der Waals surface area (Å²) in [5.74, 6) is -0.601. The number of anilines is 1. The quantitative estimate of drug-likeness (QED) is 0.678. The van der Waals surface area contributed by atoms with Gasteiger partial charge in [0.25, 0.3) is 5.69 Å². The average Bonchev–Trinajstić information content (AvgIpc) is 2.47. The van der Waals surface area contributed by atoms with Gasteiger partial charge in [0.05, 0.1) is 17.0 Å². The van der Waals surface area contributed by atoms with E-state index < -0.39 is 10.7 Å². The summed E-state index contributed by atoms with van der Waals surface area (Å²) in [6, 6.07) is 11.8. The minimum absolute atomic E-state index is 0.0661. The minimum Gasteiger partial charge on any atom is -0.378 e. The first-order chi connectivity index (χ1) is 10.1. The van der Waals surface area contributed by atoms with Gasteiger partial charge in [0.1, 0.15) is 5.82 Å². The smallest absolute Gasteiger partial charge is 0.274 e. The van der Waals surface area contributed by atoms with Crippen LogP contribution in [0, 0.1) is 15.9 Å². The van der Waals surface area contributed by atoms with Gasteiger partial charge in [-0.2, -0.15) is 0 Å². The molecule has 1 N–H and O–H groups in total. The Kier molecular flexibility index (Phi) is 3.56. The molecular formula is C16H15FN2O2. The Morgan fingerprint density at radius 2 is 2.05 bits per heavy atom. The molecule has 0 saturated heterocycles. The van der Waals surface area contributed by atoms with Crippen LogP contribution < -0.4 is 5.32 Å². The Labute approximate surface area is 121 Å². The first-order valence-corrected chi connectivity index (χ1v) is 6.93. The zero-order valence-corrected chi connectivity index (χ0v) is 11.4. The average molecular weight is 286 g/mol. The Morgan fingerprint density at radius 1 is 1.24 bits per heavy atom. The number of nitro benzene ring substituents is 1. The molecule has 0 fully saturated rings. The molecule has 2 aromatic rings. The predicted molar refractivity (Wildman–Crippen MR) is 78.8 cm³/mol. The molecule has 0 heterocycles. The van der Waals surface area contributed by atoms with E-state index in [9.17, 15) is 14.5 Å². The number of benzene rings is 2. The van der Waals surface area contributed by atoms with E-state index in [1.165, 1.54) is 23.3 Å². The maximum Gasteiger partial charge on any atom is 0.274 e. The molecule has 21 heavy (non-hydrogen) atoms. The number of non-ortho nitro benzene ring substituents is 1. The third kappa shape index (κ3) is 2.86. The zero-order chi connectivity index (χ0) is 14.8. The summed E-state index contributed by atoms with van der Waals surface area (Å²) in [4.78, 5) is 10.2. The van der Waals surface area contributed by atoms with Crippen LogP contribution in [-0.4, -0.2) is 4.92 Å². The molecule has 108 valence electrons. The molecule has 1 unspecified atom stereocenters. The second-order valence-corrected chi connectivity index (χ2v) is 5.24.